The molecule has 0 bridgehead atoms. The van der Waals surface area contributed by atoms with Crippen LogP contribution in [0, 0.1) is 39.0 Å². The summed E-state index contributed by atoms with van der Waals surface area (Å²) in [5, 5.41) is 10.1. The third kappa shape index (κ3) is 3.28. The molecule has 0 unspecified atom stereocenters. The lowest BCUT2D eigenvalue weighted by Crippen LogP contribution is -2.15. The van der Waals surface area contributed by atoms with Crippen LogP contribution in [-0.2, 0) is 5.75 Å². The van der Waals surface area contributed by atoms with Gasteiger partial charge in [0.05, 0.1) is 11.3 Å². The van der Waals surface area contributed by atoms with E-state index in [-0.39, 0.29) is 5.56 Å². The molecule has 0 aromatic carbocycles. The van der Waals surface area contributed by atoms with Gasteiger partial charge < -0.3 is 0 Å². The van der Waals surface area contributed by atoms with E-state index in [0.717, 1.165) is 22.4 Å². The van der Waals surface area contributed by atoms with Crippen molar-refractivity contribution in [3.05, 3.63) is 68.4 Å². The topological polar surface area (TPSA) is 71.0 Å². The van der Waals surface area contributed by atoms with Crippen molar-refractivity contribution in [3.63, 3.8) is 0 Å². The van der Waals surface area contributed by atoms with E-state index in [1.807, 2.05) is 39.8 Å². The Morgan fingerprint density at radius 2 is 1.92 bits per heavy atom. The fourth-order valence-electron chi connectivity index (χ4n) is 2.62. The number of thioether (sulfide) groups is 1. The van der Waals surface area contributed by atoms with E-state index in [4.69, 9.17) is 0 Å². The van der Waals surface area contributed by atoms with Gasteiger partial charge >= 0.3 is 0 Å². The Morgan fingerprint density at radius 1 is 1.16 bits per heavy atom. The molecule has 3 heterocycles. The Bertz CT molecular complexity index is 1080. The fourth-order valence-corrected chi connectivity index (χ4v) is 3.60. The van der Waals surface area contributed by atoms with Crippen molar-refractivity contribution in [1.29, 1.82) is 5.26 Å². The SMILES string of the molecule is Cc1ccc2nc(CSc3nc(C)c(C)c(C)c3C#N)cc(=O)n2c1. The molecule has 0 aliphatic carbocycles. The average Bonchev–Trinajstić information content (AvgIpc) is 2.58. The molecule has 6 heteroatoms. The first kappa shape index (κ1) is 17.2. The molecule has 0 spiro atoms. The van der Waals surface area contributed by atoms with Crippen LogP contribution < -0.4 is 5.56 Å². The van der Waals surface area contributed by atoms with Crippen molar-refractivity contribution < 1.29 is 0 Å². The zero-order valence-electron chi connectivity index (χ0n) is 14.6. The van der Waals surface area contributed by atoms with Crippen LogP contribution in [0.3, 0.4) is 0 Å². The van der Waals surface area contributed by atoms with Crippen LogP contribution in [0.4, 0.5) is 0 Å². The molecule has 0 saturated carbocycles. The third-order valence-corrected chi connectivity index (χ3v) is 5.30. The van der Waals surface area contributed by atoms with Crippen LogP contribution in [0.25, 0.3) is 5.65 Å². The molecule has 0 atom stereocenters. The largest absolute Gasteiger partial charge is 0.269 e. The molecule has 0 N–H and O–H groups in total. The molecule has 0 radical (unpaired) electrons. The smallest absolute Gasteiger partial charge is 0.258 e. The van der Waals surface area contributed by atoms with E-state index < -0.39 is 0 Å². The first-order valence-corrected chi connectivity index (χ1v) is 8.89. The summed E-state index contributed by atoms with van der Waals surface area (Å²) in [5.74, 6) is 0.489. The molecule has 0 amide bonds. The zero-order chi connectivity index (χ0) is 18.1. The number of nitriles is 1. The van der Waals surface area contributed by atoms with E-state index in [2.05, 4.69) is 16.0 Å². The summed E-state index contributed by atoms with van der Waals surface area (Å²) in [5.41, 5.74) is 5.72. The molecule has 0 aliphatic rings. The summed E-state index contributed by atoms with van der Waals surface area (Å²) >= 11 is 1.44. The predicted molar refractivity (Wildman–Crippen MR) is 98.9 cm³/mol. The maximum atomic E-state index is 12.3. The summed E-state index contributed by atoms with van der Waals surface area (Å²) in [6.45, 7) is 7.79. The molecule has 5 nitrogen and oxygen atoms in total. The highest BCUT2D eigenvalue weighted by atomic mass is 32.2. The zero-order valence-corrected chi connectivity index (χ0v) is 15.4. The van der Waals surface area contributed by atoms with Gasteiger partial charge in [0.1, 0.15) is 16.7 Å². The molecule has 25 heavy (non-hydrogen) atoms. The molecular formula is C19H18N4OS. The van der Waals surface area contributed by atoms with E-state index in [1.165, 1.54) is 11.8 Å². The molecule has 0 aliphatic heterocycles. The summed E-state index contributed by atoms with van der Waals surface area (Å²) in [6, 6.07) is 7.56. The van der Waals surface area contributed by atoms with Gasteiger partial charge in [0.15, 0.2) is 0 Å². The lowest BCUT2D eigenvalue weighted by molar-refractivity contribution is 0.987. The second-order valence-corrected chi connectivity index (χ2v) is 7.01. The molecule has 126 valence electrons. The highest BCUT2D eigenvalue weighted by molar-refractivity contribution is 7.98. The number of aryl methyl sites for hydroxylation is 2. The number of nitrogens with zero attached hydrogens (tertiary/aromatic N) is 4. The van der Waals surface area contributed by atoms with E-state index in [0.29, 0.717) is 27.7 Å². The molecule has 0 saturated heterocycles. The van der Waals surface area contributed by atoms with Crippen molar-refractivity contribution in [2.75, 3.05) is 0 Å². The first-order chi connectivity index (χ1) is 11.9. The lowest BCUT2D eigenvalue weighted by Gasteiger charge is -2.11. The van der Waals surface area contributed by atoms with Crippen LogP contribution in [-0.4, -0.2) is 14.4 Å². The van der Waals surface area contributed by atoms with Crippen molar-refractivity contribution in [2.45, 2.75) is 38.5 Å². The van der Waals surface area contributed by atoms with Gasteiger partial charge in [-0.15, -0.1) is 0 Å². The number of fused-ring (bicyclic) bond motifs is 1. The molecule has 3 rings (SSSR count). The number of hydrogen-bond acceptors (Lipinski definition) is 5. The molecule has 3 aromatic heterocycles. The van der Waals surface area contributed by atoms with Crippen LogP contribution in [0.15, 0.2) is 34.2 Å². The maximum absolute atomic E-state index is 12.3. The minimum Gasteiger partial charge on any atom is -0.269 e. The van der Waals surface area contributed by atoms with Crippen molar-refractivity contribution in [2.24, 2.45) is 0 Å². The minimum atomic E-state index is -0.103. The standard InChI is InChI=1S/C19H18N4OS/c1-11-5-6-17-22-15(7-18(24)23(17)9-11)10-25-19-16(8-20)13(3)12(2)14(4)21-19/h5-7,9H,10H2,1-4H3. The Balaban J connectivity index is 1.95. The van der Waals surface area contributed by atoms with E-state index >= 15 is 0 Å². The van der Waals surface area contributed by atoms with Crippen LogP contribution in [0.1, 0.15) is 33.6 Å². The number of hydrogen-bond donors (Lipinski definition) is 0. The normalized spacial score (nSPS) is 10.8. The number of rotatable bonds is 3. The van der Waals surface area contributed by atoms with Crippen LogP contribution in [0.5, 0.6) is 0 Å². The van der Waals surface area contributed by atoms with E-state index in [1.54, 1.807) is 16.7 Å². The highest BCUT2D eigenvalue weighted by Gasteiger charge is 2.13. The highest BCUT2D eigenvalue weighted by Crippen LogP contribution is 2.28. The van der Waals surface area contributed by atoms with Gasteiger partial charge in [-0.25, -0.2) is 9.97 Å². The van der Waals surface area contributed by atoms with Crippen LogP contribution in [0.2, 0.25) is 0 Å². The Morgan fingerprint density at radius 3 is 2.64 bits per heavy atom. The predicted octanol–water partition coefficient (Wildman–Crippen LogP) is 3.49. The number of pyridine rings is 2. The molecular weight excluding hydrogens is 332 g/mol. The Labute approximate surface area is 150 Å². The van der Waals surface area contributed by atoms with Gasteiger partial charge in [0.25, 0.3) is 5.56 Å². The van der Waals surface area contributed by atoms with Gasteiger partial charge in [0.2, 0.25) is 0 Å². The van der Waals surface area contributed by atoms with Crippen LogP contribution >= 0.6 is 11.8 Å². The summed E-state index contributed by atoms with van der Waals surface area (Å²) in [4.78, 5) is 21.4. The summed E-state index contributed by atoms with van der Waals surface area (Å²) in [7, 11) is 0. The summed E-state index contributed by atoms with van der Waals surface area (Å²) < 4.78 is 1.54. The monoisotopic (exact) mass is 350 g/mol. The van der Waals surface area contributed by atoms with Gasteiger partial charge in [-0.05, 0) is 50.5 Å². The Kier molecular flexibility index (Phi) is 4.60. The molecule has 3 aromatic rings. The van der Waals surface area contributed by atoms with Gasteiger partial charge in [-0.3, -0.25) is 9.20 Å². The second kappa shape index (κ2) is 6.69. The van der Waals surface area contributed by atoms with Gasteiger partial charge in [0, 0.05) is 23.7 Å². The van der Waals surface area contributed by atoms with Gasteiger partial charge in [-0.1, -0.05) is 17.8 Å². The lowest BCUT2D eigenvalue weighted by atomic mass is 10.1. The second-order valence-electron chi connectivity index (χ2n) is 6.05. The maximum Gasteiger partial charge on any atom is 0.258 e. The quantitative estimate of drug-likeness (QED) is 0.676. The Hall–Kier alpha value is -2.65. The number of aromatic nitrogens is 3. The van der Waals surface area contributed by atoms with E-state index in [9.17, 15) is 10.1 Å². The summed E-state index contributed by atoms with van der Waals surface area (Å²) in [6.07, 6.45) is 1.78. The van der Waals surface area contributed by atoms with Crippen molar-refractivity contribution >= 4 is 17.4 Å². The third-order valence-electron chi connectivity index (χ3n) is 4.29. The average molecular weight is 350 g/mol. The van der Waals surface area contributed by atoms with Crippen molar-refractivity contribution in [3.8, 4) is 6.07 Å². The first-order valence-electron chi connectivity index (χ1n) is 7.90. The van der Waals surface area contributed by atoms with Crippen molar-refractivity contribution in [1.82, 2.24) is 14.4 Å². The fraction of sp³-hybridized carbons (Fsp3) is 0.263. The minimum absolute atomic E-state index is 0.103. The van der Waals surface area contributed by atoms with Gasteiger partial charge in [-0.2, -0.15) is 5.26 Å². The molecule has 0 fully saturated rings.